The molecule has 1 saturated heterocycles. The molecule has 5 nitrogen and oxygen atoms in total. The highest BCUT2D eigenvalue weighted by atomic mass is 35.5. The van der Waals surface area contributed by atoms with Crippen molar-refractivity contribution in [2.24, 2.45) is 0 Å². The van der Waals surface area contributed by atoms with Gasteiger partial charge in [0.25, 0.3) is 0 Å². The Bertz CT molecular complexity index is 776. The van der Waals surface area contributed by atoms with Gasteiger partial charge in [-0.25, -0.2) is 4.79 Å². The molecule has 150 valence electrons. The largest absolute Gasteiger partial charge is 0.492 e. The maximum atomic E-state index is 12.1. The van der Waals surface area contributed by atoms with Gasteiger partial charge in [-0.15, -0.1) is 0 Å². The number of ether oxygens (including phenoxy) is 1. The number of carbonyl (C=O) groups excluding carboxylic acids is 1. The summed E-state index contributed by atoms with van der Waals surface area (Å²) in [5.41, 5.74) is 2.72. The van der Waals surface area contributed by atoms with Crippen LogP contribution in [0.4, 0.5) is 4.79 Å². The average molecular weight is 402 g/mol. The summed E-state index contributed by atoms with van der Waals surface area (Å²) in [6.07, 6.45) is 1.94. The molecule has 2 amide bonds. The predicted molar refractivity (Wildman–Crippen MR) is 113 cm³/mol. The van der Waals surface area contributed by atoms with E-state index in [-0.39, 0.29) is 12.1 Å². The normalized spacial score (nSPS) is 15.2. The van der Waals surface area contributed by atoms with Gasteiger partial charge in [0.2, 0.25) is 0 Å². The number of halogens is 1. The number of aryl methyl sites for hydroxylation is 1. The zero-order valence-corrected chi connectivity index (χ0v) is 17.0. The van der Waals surface area contributed by atoms with E-state index >= 15 is 0 Å². The Balaban J connectivity index is 1.31. The number of carbonyl (C=O) groups is 1. The van der Waals surface area contributed by atoms with E-state index in [0.29, 0.717) is 23.9 Å². The Morgan fingerprint density at radius 2 is 1.96 bits per heavy atom. The van der Waals surface area contributed by atoms with Gasteiger partial charge in [-0.2, -0.15) is 0 Å². The standard InChI is InChI=1S/C22H28ClN3O2/c1-17-5-2-3-6-18(17)16-26-12-9-20(10-13-26)25-22(27)24-11-14-28-21-8-4-7-19(23)15-21/h2-8,15,20H,9-14,16H2,1H3,(H2,24,25,27). The minimum absolute atomic E-state index is 0.132. The molecule has 2 aromatic carbocycles. The molecule has 0 aliphatic carbocycles. The van der Waals surface area contributed by atoms with E-state index in [1.54, 1.807) is 12.1 Å². The van der Waals surface area contributed by atoms with E-state index in [4.69, 9.17) is 16.3 Å². The van der Waals surface area contributed by atoms with Gasteiger partial charge in [-0.1, -0.05) is 41.9 Å². The topological polar surface area (TPSA) is 53.6 Å². The van der Waals surface area contributed by atoms with Crippen molar-refractivity contribution >= 4 is 17.6 Å². The Labute approximate surface area is 172 Å². The molecule has 0 atom stereocenters. The summed E-state index contributed by atoms with van der Waals surface area (Å²) in [5.74, 6) is 0.704. The second-order valence-corrected chi connectivity index (χ2v) is 7.62. The van der Waals surface area contributed by atoms with Crippen molar-refractivity contribution in [1.29, 1.82) is 0 Å². The first-order valence-corrected chi connectivity index (χ1v) is 10.2. The number of benzene rings is 2. The molecule has 0 spiro atoms. The number of nitrogens with one attached hydrogen (secondary N) is 2. The van der Waals surface area contributed by atoms with Gasteiger partial charge in [-0.05, 0) is 49.1 Å². The number of likely N-dealkylation sites (tertiary alicyclic amines) is 1. The quantitative estimate of drug-likeness (QED) is 0.690. The second kappa shape index (κ2) is 10.3. The van der Waals surface area contributed by atoms with Crippen LogP contribution < -0.4 is 15.4 Å². The molecule has 2 aromatic rings. The Hall–Kier alpha value is -2.24. The van der Waals surface area contributed by atoms with Gasteiger partial charge < -0.3 is 15.4 Å². The molecule has 0 radical (unpaired) electrons. The minimum atomic E-state index is -0.132. The zero-order valence-electron chi connectivity index (χ0n) is 16.3. The number of urea groups is 1. The summed E-state index contributed by atoms with van der Waals surface area (Å²) in [5, 5.41) is 6.56. The molecular weight excluding hydrogens is 374 g/mol. The number of rotatable bonds is 7. The fourth-order valence-corrected chi connectivity index (χ4v) is 3.57. The van der Waals surface area contributed by atoms with E-state index < -0.39 is 0 Å². The minimum Gasteiger partial charge on any atom is -0.492 e. The lowest BCUT2D eigenvalue weighted by molar-refractivity contribution is 0.185. The van der Waals surface area contributed by atoms with Crippen molar-refractivity contribution in [3.63, 3.8) is 0 Å². The van der Waals surface area contributed by atoms with Gasteiger partial charge in [0.1, 0.15) is 12.4 Å². The van der Waals surface area contributed by atoms with Gasteiger partial charge in [-0.3, -0.25) is 4.90 Å². The van der Waals surface area contributed by atoms with Crippen molar-refractivity contribution in [2.45, 2.75) is 32.4 Å². The Morgan fingerprint density at radius 3 is 2.71 bits per heavy atom. The molecule has 28 heavy (non-hydrogen) atoms. The molecule has 6 heteroatoms. The fourth-order valence-electron chi connectivity index (χ4n) is 3.39. The van der Waals surface area contributed by atoms with Crippen LogP contribution in [0.3, 0.4) is 0 Å². The van der Waals surface area contributed by atoms with Crippen molar-refractivity contribution in [2.75, 3.05) is 26.2 Å². The molecule has 0 aromatic heterocycles. The first kappa shape index (κ1) is 20.5. The fraction of sp³-hybridized carbons (Fsp3) is 0.409. The summed E-state index contributed by atoms with van der Waals surface area (Å²) >= 11 is 5.92. The molecule has 3 rings (SSSR count). The summed E-state index contributed by atoms with van der Waals surface area (Å²) < 4.78 is 5.57. The molecular formula is C22H28ClN3O2. The first-order chi connectivity index (χ1) is 13.6. The number of amides is 2. The van der Waals surface area contributed by atoms with E-state index in [0.717, 1.165) is 32.5 Å². The molecule has 1 heterocycles. The van der Waals surface area contributed by atoms with Crippen LogP contribution in [-0.2, 0) is 6.54 Å². The maximum Gasteiger partial charge on any atom is 0.315 e. The molecule has 1 fully saturated rings. The summed E-state index contributed by atoms with van der Waals surface area (Å²) in [4.78, 5) is 14.5. The van der Waals surface area contributed by atoms with Crippen LogP contribution in [0.5, 0.6) is 5.75 Å². The third-order valence-corrected chi connectivity index (χ3v) is 5.27. The van der Waals surface area contributed by atoms with Crippen LogP contribution in [0.1, 0.15) is 24.0 Å². The van der Waals surface area contributed by atoms with Crippen LogP contribution >= 0.6 is 11.6 Å². The van der Waals surface area contributed by atoms with Gasteiger partial charge >= 0.3 is 6.03 Å². The van der Waals surface area contributed by atoms with E-state index in [1.165, 1.54) is 11.1 Å². The van der Waals surface area contributed by atoms with Crippen LogP contribution in [0.25, 0.3) is 0 Å². The van der Waals surface area contributed by atoms with Crippen molar-refractivity contribution in [3.05, 3.63) is 64.7 Å². The SMILES string of the molecule is Cc1ccccc1CN1CCC(NC(=O)NCCOc2cccc(Cl)c2)CC1. The first-order valence-electron chi connectivity index (χ1n) is 9.80. The van der Waals surface area contributed by atoms with Gasteiger partial charge in [0.15, 0.2) is 0 Å². The number of piperidine rings is 1. The van der Waals surface area contributed by atoms with Crippen molar-refractivity contribution < 1.29 is 9.53 Å². The van der Waals surface area contributed by atoms with E-state index in [1.807, 2.05) is 12.1 Å². The lowest BCUT2D eigenvalue weighted by Crippen LogP contribution is -2.48. The molecule has 0 bridgehead atoms. The van der Waals surface area contributed by atoms with E-state index in [2.05, 4.69) is 46.7 Å². The summed E-state index contributed by atoms with van der Waals surface area (Å²) in [6.45, 7) is 5.98. The lowest BCUT2D eigenvalue weighted by Gasteiger charge is -2.32. The third-order valence-electron chi connectivity index (χ3n) is 5.03. The van der Waals surface area contributed by atoms with Gasteiger partial charge in [0, 0.05) is 30.7 Å². The second-order valence-electron chi connectivity index (χ2n) is 7.18. The average Bonchev–Trinajstić information content (AvgIpc) is 2.69. The maximum absolute atomic E-state index is 12.1. The van der Waals surface area contributed by atoms with Gasteiger partial charge in [0.05, 0.1) is 6.54 Å². The molecule has 1 aliphatic heterocycles. The number of hydrogen-bond donors (Lipinski definition) is 2. The van der Waals surface area contributed by atoms with Crippen LogP contribution in [0.2, 0.25) is 5.02 Å². The highest BCUT2D eigenvalue weighted by Gasteiger charge is 2.20. The van der Waals surface area contributed by atoms with Crippen LogP contribution in [0, 0.1) is 6.92 Å². The lowest BCUT2D eigenvalue weighted by atomic mass is 10.0. The third kappa shape index (κ3) is 6.43. The monoisotopic (exact) mass is 401 g/mol. The summed E-state index contributed by atoms with van der Waals surface area (Å²) in [6, 6.07) is 15.8. The Morgan fingerprint density at radius 1 is 1.18 bits per heavy atom. The van der Waals surface area contributed by atoms with Crippen molar-refractivity contribution in [3.8, 4) is 5.75 Å². The molecule has 0 saturated carbocycles. The highest BCUT2D eigenvalue weighted by molar-refractivity contribution is 6.30. The number of nitrogens with zero attached hydrogens (tertiary/aromatic N) is 1. The van der Waals surface area contributed by atoms with Crippen LogP contribution in [0.15, 0.2) is 48.5 Å². The van der Waals surface area contributed by atoms with Crippen molar-refractivity contribution in [1.82, 2.24) is 15.5 Å². The van der Waals surface area contributed by atoms with E-state index in [9.17, 15) is 4.79 Å². The molecule has 0 unspecified atom stereocenters. The summed E-state index contributed by atoms with van der Waals surface area (Å²) in [7, 11) is 0. The predicted octanol–water partition coefficient (Wildman–Crippen LogP) is 3.99. The van der Waals surface area contributed by atoms with Crippen LogP contribution in [-0.4, -0.2) is 43.2 Å². The number of hydrogen-bond acceptors (Lipinski definition) is 3. The molecule has 1 aliphatic rings. The molecule has 2 N–H and O–H groups in total. The Kier molecular flexibility index (Phi) is 7.57. The highest BCUT2D eigenvalue weighted by Crippen LogP contribution is 2.17. The zero-order chi connectivity index (χ0) is 19.8. The smallest absolute Gasteiger partial charge is 0.315 e.